The van der Waals surface area contributed by atoms with Crippen LogP contribution in [0.15, 0.2) is 47.1 Å². The molecule has 0 unspecified atom stereocenters. The molecule has 2 N–H and O–H groups in total. The highest BCUT2D eigenvalue weighted by Gasteiger charge is 2.02. The quantitative estimate of drug-likeness (QED) is 0.851. The van der Waals surface area contributed by atoms with Crippen molar-refractivity contribution >= 4 is 11.9 Å². The van der Waals surface area contributed by atoms with E-state index in [-0.39, 0.29) is 6.03 Å². The molecule has 4 nitrogen and oxygen atoms in total. The van der Waals surface area contributed by atoms with Gasteiger partial charge in [-0.3, -0.25) is 5.32 Å². The van der Waals surface area contributed by atoms with Crippen LogP contribution >= 0.6 is 0 Å². The lowest BCUT2D eigenvalue weighted by molar-refractivity contribution is 0.251. The van der Waals surface area contributed by atoms with E-state index in [2.05, 4.69) is 10.6 Å². The van der Waals surface area contributed by atoms with Crippen LogP contribution < -0.4 is 10.6 Å². The predicted molar refractivity (Wildman–Crippen MR) is 65.7 cm³/mol. The average Bonchev–Trinajstić information content (AvgIpc) is 2.81. The molecule has 17 heavy (non-hydrogen) atoms. The summed E-state index contributed by atoms with van der Waals surface area (Å²) < 4.78 is 5.00. The SMILES string of the molecule is Cc1ccc(CNC(=O)Nc2ccco2)cc1. The number of urea groups is 1. The molecule has 0 bridgehead atoms. The van der Waals surface area contributed by atoms with E-state index in [1.165, 1.54) is 11.8 Å². The molecule has 0 saturated carbocycles. The molecule has 4 heteroatoms. The highest BCUT2D eigenvalue weighted by Crippen LogP contribution is 2.06. The zero-order valence-electron chi connectivity index (χ0n) is 9.57. The first-order chi connectivity index (χ1) is 8.24. The summed E-state index contributed by atoms with van der Waals surface area (Å²) >= 11 is 0. The third-order valence-corrected chi connectivity index (χ3v) is 2.33. The van der Waals surface area contributed by atoms with Crippen molar-refractivity contribution in [2.24, 2.45) is 0 Å². The van der Waals surface area contributed by atoms with Crippen LogP contribution in [0, 0.1) is 6.92 Å². The molecule has 2 rings (SSSR count). The van der Waals surface area contributed by atoms with Gasteiger partial charge in [-0.25, -0.2) is 4.79 Å². The molecule has 1 aromatic carbocycles. The van der Waals surface area contributed by atoms with Gasteiger partial charge in [-0.05, 0) is 18.6 Å². The number of anilines is 1. The second-order valence-electron chi connectivity index (χ2n) is 3.77. The number of aryl methyl sites for hydroxylation is 1. The zero-order chi connectivity index (χ0) is 12.1. The topological polar surface area (TPSA) is 54.3 Å². The van der Waals surface area contributed by atoms with Gasteiger partial charge in [0, 0.05) is 12.6 Å². The number of hydrogen-bond acceptors (Lipinski definition) is 2. The lowest BCUT2D eigenvalue weighted by atomic mass is 10.1. The number of carbonyl (C=O) groups excluding carboxylic acids is 1. The van der Waals surface area contributed by atoms with Crippen LogP contribution in [0.2, 0.25) is 0 Å². The normalized spacial score (nSPS) is 9.94. The van der Waals surface area contributed by atoms with E-state index in [0.29, 0.717) is 12.4 Å². The molecule has 0 aliphatic heterocycles. The van der Waals surface area contributed by atoms with Gasteiger partial charge in [-0.15, -0.1) is 0 Å². The van der Waals surface area contributed by atoms with Gasteiger partial charge in [0.05, 0.1) is 6.26 Å². The lowest BCUT2D eigenvalue weighted by Gasteiger charge is -2.05. The van der Waals surface area contributed by atoms with Gasteiger partial charge in [0.1, 0.15) is 0 Å². The van der Waals surface area contributed by atoms with Gasteiger partial charge < -0.3 is 9.73 Å². The van der Waals surface area contributed by atoms with Gasteiger partial charge in [0.15, 0.2) is 0 Å². The van der Waals surface area contributed by atoms with Gasteiger partial charge in [0.2, 0.25) is 5.88 Å². The minimum atomic E-state index is -0.277. The summed E-state index contributed by atoms with van der Waals surface area (Å²) in [4.78, 5) is 11.5. The highest BCUT2D eigenvalue weighted by molar-refractivity contribution is 5.87. The first kappa shape index (κ1) is 11.3. The Bertz CT molecular complexity index is 475. The largest absolute Gasteiger partial charge is 0.449 e. The minimum absolute atomic E-state index is 0.277. The molecule has 0 aliphatic rings. The van der Waals surface area contributed by atoms with Crippen LogP contribution in [-0.4, -0.2) is 6.03 Å². The standard InChI is InChI=1S/C13H14N2O2/c1-10-4-6-11(7-5-10)9-14-13(16)15-12-3-2-8-17-12/h2-8H,9H2,1H3,(H2,14,15,16). The van der Waals surface area contributed by atoms with Gasteiger partial charge >= 0.3 is 6.03 Å². The number of benzene rings is 1. The number of amides is 2. The van der Waals surface area contributed by atoms with Crippen LogP contribution in [0.1, 0.15) is 11.1 Å². The number of hydrogen-bond donors (Lipinski definition) is 2. The number of furan rings is 1. The van der Waals surface area contributed by atoms with Gasteiger partial charge in [-0.2, -0.15) is 0 Å². The van der Waals surface area contributed by atoms with E-state index < -0.39 is 0 Å². The maximum Gasteiger partial charge on any atom is 0.321 e. The molecule has 0 spiro atoms. The van der Waals surface area contributed by atoms with Gasteiger partial charge in [-0.1, -0.05) is 29.8 Å². The number of carbonyl (C=O) groups is 1. The second-order valence-corrected chi connectivity index (χ2v) is 3.77. The van der Waals surface area contributed by atoms with Crippen LogP contribution in [-0.2, 0) is 6.54 Å². The molecule has 2 aromatic rings. The Kier molecular flexibility index (Phi) is 3.45. The van der Waals surface area contributed by atoms with Crippen molar-refractivity contribution in [1.82, 2.24) is 5.32 Å². The average molecular weight is 230 g/mol. The highest BCUT2D eigenvalue weighted by atomic mass is 16.3. The van der Waals surface area contributed by atoms with Crippen molar-refractivity contribution in [1.29, 1.82) is 0 Å². The van der Waals surface area contributed by atoms with Crippen molar-refractivity contribution in [3.63, 3.8) is 0 Å². The van der Waals surface area contributed by atoms with E-state index in [1.54, 1.807) is 12.1 Å². The smallest absolute Gasteiger partial charge is 0.321 e. The molecule has 2 amide bonds. The molecule has 0 radical (unpaired) electrons. The predicted octanol–water partition coefficient (Wildman–Crippen LogP) is 2.91. The lowest BCUT2D eigenvalue weighted by Crippen LogP contribution is -2.27. The summed E-state index contributed by atoms with van der Waals surface area (Å²) in [5, 5.41) is 5.33. The third kappa shape index (κ3) is 3.38. The van der Waals surface area contributed by atoms with E-state index in [9.17, 15) is 4.79 Å². The maximum absolute atomic E-state index is 11.5. The molecule has 0 saturated heterocycles. The number of rotatable bonds is 3. The molecule has 88 valence electrons. The number of nitrogens with one attached hydrogen (secondary N) is 2. The first-order valence-corrected chi connectivity index (χ1v) is 5.38. The summed E-state index contributed by atoms with van der Waals surface area (Å²) in [7, 11) is 0. The molecule has 1 heterocycles. The maximum atomic E-state index is 11.5. The van der Waals surface area contributed by atoms with E-state index in [1.807, 2.05) is 31.2 Å². The van der Waals surface area contributed by atoms with Crippen molar-refractivity contribution in [3.05, 3.63) is 53.8 Å². The van der Waals surface area contributed by atoms with Crippen molar-refractivity contribution in [2.45, 2.75) is 13.5 Å². The molecular formula is C13H14N2O2. The Morgan fingerprint density at radius 2 is 2.00 bits per heavy atom. The summed E-state index contributed by atoms with van der Waals surface area (Å²) in [5.74, 6) is 0.436. The molecule has 0 aliphatic carbocycles. The van der Waals surface area contributed by atoms with Gasteiger partial charge in [0.25, 0.3) is 0 Å². The van der Waals surface area contributed by atoms with Crippen molar-refractivity contribution in [3.8, 4) is 0 Å². The van der Waals surface area contributed by atoms with Crippen LogP contribution in [0.25, 0.3) is 0 Å². The minimum Gasteiger partial charge on any atom is -0.449 e. The molecule has 0 atom stereocenters. The summed E-state index contributed by atoms with van der Waals surface area (Å²) in [6.45, 7) is 2.52. The fourth-order valence-electron chi connectivity index (χ4n) is 1.39. The van der Waals surface area contributed by atoms with E-state index in [0.717, 1.165) is 5.56 Å². The fraction of sp³-hybridized carbons (Fsp3) is 0.154. The zero-order valence-corrected chi connectivity index (χ0v) is 9.57. The van der Waals surface area contributed by atoms with Crippen molar-refractivity contribution in [2.75, 3.05) is 5.32 Å². The fourth-order valence-corrected chi connectivity index (χ4v) is 1.39. The summed E-state index contributed by atoms with van der Waals surface area (Å²) in [6, 6.07) is 11.1. The molecular weight excluding hydrogens is 216 g/mol. The Balaban J connectivity index is 1.82. The summed E-state index contributed by atoms with van der Waals surface area (Å²) in [6.07, 6.45) is 1.51. The monoisotopic (exact) mass is 230 g/mol. The third-order valence-electron chi connectivity index (χ3n) is 2.33. The van der Waals surface area contributed by atoms with Crippen LogP contribution in [0.5, 0.6) is 0 Å². The second kappa shape index (κ2) is 5.21. The molecule has 1 aromatic heterocycles. The molecule has 0 fully saturated rings. The van der Waals surface area contributed by atoms with Crippen LogP contribution in [0.4, 0.5) is 10.7 Å². The van der Waals surface area contributed by atoms with Crippen molar-refractivity contribution < 1.29 is 9.21 Å². The Morgan fingerprint density at radius 3 is 2.65 bits per heavy atom. The Morgan fingerprint density at radius 1 is 1.24 bits per heavy atom. The van der Waals surface area contributed by atoms with E-state index >= 15 is 0 Å². The first-order valence-electron chi connectivity index (χ1n) is 5.38. The van der Waals surface area contributed by atoms with E-state index in [4.69, 9.17) is 4.42 Å². The Labute approximate surface area is 99.6 Å². The van der Waals surface area contributed by atoms with Crippen LogP contribution in [0.3, 0.4) is 0 Å². The summed E-state index contributed by atoms with van der Waals surface area (Å²) in [5.41, 5.74) is 2.26. The Hall–Kier alpha value is -2.23.